The summed E-state index contributed by atoms with van der Waals surface area (Å²) in [6.45, 7) is 3.43. The lowest BCUT2D eigenvalue weighted by molar-refractivity contribution is 0.102. The third-order valence-electron chi connectivity index (χ3n) is 4.69. The zero-order chi connectivity index (χ0) is 19.3. The molecule has 0 unspecified atom stereocenters. The van der Waals surface area contributed by atoms with Crippen molar-refractivity contribution in [2.75, 3.05) is 41.3 Å². The van der Waals surface area contributed by atoms with Crippen LogP contribution in [0.3, 0.4) is 0 Å². The third-order valence-corrected chi connectivity index (χ3v) is 4.92. The van der Waals surface area contributed by atoms with Crippen LogP contribution in [0, 0.1) is 0 Å². The molecule has 6 nitrogen and oxygen atoms in total. The predicted molar refractivity (Wildman–Crippen MR) is 112 cm³/mol. The molecule has 3 aromatic rings. The molecule has 1 aliphatic heterocycles. The number of amides is 1. The minimum Gasteiger partial charge on any atom is -0.367 e. The van der Waals surface area contributed by atoms with E-state index < -0.39 is 0 Å². The second kappa shape index (κ2) is 8.27. The molecule has 2 aromatic heterocycles. The monoisotopic (exact) mass is 393 g/mol. The summed E-state index contributed by atoms with van der Waals surface area (Å²) >= 11 is 5.98. The van der Waals surface area contributed by atoms with Gasteiger partial charge in [0, 0.05) is 49.3 Å². The quantitative estimate of drug-likeness (QED) is 0.732. The van der Waals surface area contributed by atoms with E-state index in [-0.39, 0.29) is 5.91 Å². The Morgan fingerprint density at radius 3 is 2.54 bits per heavy atom. The molecule has 1 fully saturated rings. The molecule has 1 saturated heterocycles. The molecule has 1 amide bonds. The van der Waals surface area contributed by atoms with Crippen molar-refractivity contribution in [3.05, 3.63) is 77.7 Å². The fraction of sp³-hybridized carbons (Fsp3) is 0.190. The van der Waals surface area contributed by atoms with Gasteiger partial charge in [0.15, 0.2) is 0 Å². The Labute approximate surface area is 168 Å². The standard InChI is InChI=1S/C21H20ClN5O/c22-17-4-3-5-18(13-17)25-21(28)16-12-19(15-23-14-16)26-8-10-27(11-9-26)20-6-1-2-7-24-20/h1-7,12-15H,8-11H2,(H,25,28). The molecule has 0 aliphatic carbocycles. The SMILES string of the molecule is O=C(Nc1cccc(Cl)c1)c1cncc(N2CCN(c3ccccn3)CC2)c1. The first-order valence-corrected chi connectivity index (χ1v) is 9.50. The Kier molecular flexibility index (Phi) is 5.39. The molecular formula is C21H20ClN5O. The summed E-state index contributed by atoms with van der Waals surface area (Å²) in [5.41, 5.74) is 2.12. The number of aromatic nitrogens is 2. The molecule has 3 heterocycles. The Hall–Kier alpha value is -3.12. The molecule has 1 aromatic carbocycles. The summed E-state index contributed by atoms with van der Waals surface area (Å²) in [7, 11) is 0. The molecule has 0 radical (unpaired) electrons. The van der Waals surface area contributed by atoms with E-state index in [1.54, 1.807) is 36.7 Å². The van der Waals surface area contributed by atoms with Crippen LogP contribution in [0.25, 0.3) is 0 Å². The second-order valence-corrected chi connectivity index (χ2v) is 6.99. The zero-order valence-corrected chi connectivity index (χ0v) is 16.0. The van der Waals surface area contributed by atoms with Crippen molar-refractivity contribution in [2.24, 2.45) is 0 Å². The summed E-state index contributed by atoms with van der Waals surface area (Å²) in [4.78, 5) is 25.7. The number of rotatable bonds is 4. The number of piperazine rings is 1. The van der Waals surface area contributed by atoms with Crippen LogP contribution in [0.2, 0.25) is 5.02 Å². The van der Waals surface area contributed by atoms with Crippen molar-refractivity contribution >= 4 is 34.7 Å². The van der Waals surface area contributed by atoms with E-state index >= 15 is 0 Å². The van der Waals surface area contributed by atoms with Crippen LogP contribution >= 0.6 is 11.6 Å². The first-order valence-electron chi connectivity index (χ1n) is 9.12. The summed E-state index contributed by atoms with van der Waals surface area (Å²) < 4.78 is 0. The molecule has 0 bridgehead atoms. The minimum atomic E-state index is -0.205. The van der Waals surface area contributed by atoms with Gasteiger partial charge in [-0.15, -0.1) is 0 Å². The van der Waals surface area contributed by atoms with Gasteiger partial charge in [-0.05, 0) is 36.4 Å². The number of carbonyl (C=O) groups is 1. The number of halogens is 1. The Morgan fingerprint density at radius 1 is 0.964 bits per heavy atom. The van der Waals surface area contributed by atoms with Crippen LogP contribution < -0.4 is 15.1 Å². The second-order valence-electron chi connectivity index (χ2n) is 6.56. The number of benzene rings is 1. The number of nitrogens with one attached hydrogen (secondary N) is 1. The highest BCUT2D eigenvalue weighted by molar-refractivity contribution is 6.31. The number of carbonyl (C=O) groups excluding carboxylic acids is 1. The third kappa shape index (κ3) is 4.23. The van der Waals surface area contributed by atoms with E-state index in [0.717, 1.165) is 37.7 Å². The van der Waals surface area contributed by atoms with Gasteiger partial charge in [-0.3, -0.25) is 9.78 Å². The normalized spacial score (nSPS) is 14.0. The smallest absolute Gasteiger partial charge is 0.257 e. The lowest BCUT2D eigenvalue weighted by Gasteiger charge is -2.36. The first-order chi connectivity index (χ1) is 13.7. The van der Waals surface area contributed by atoms with E-state index in [1.165, 1.54) is 0 Å². The number of pyridine rings is 2. The van der Waals surface area contributed by atoms with Crippen LogP contribution in [-0.4, -0.2) is 42.1 Å². The van der Waals surface area contributed by atoms with Crippen molar-refractivity contribution < 1.29 is 4.79 Å². The van der Waals surface area contributed by atoms with Gasteiger partial charge in [0.1, 0.15) is 5.82 Å². The van der Waals surface area contributed by atoms with Gasteiger partial charge in [-0.1, -0.05) is 23.7 Å². The van der Waals surface area contributed by atoms with E-state index in [4.69, 9.17) is 11.6 Å². The van der Waals surface area contributed by atoms with Gasteiger partial charge in [-0.2, -0.15) is 0 Å². The molecule has 0 spiro atoms. The Morgan fingerprint density at radius 2 is 1.79 bits per heavy atom. The van der Waals surface area contributed by atoms with Crippen molar-refractivity contribution in [3.63, 3.8) is 0 Å². The van der Waals surface area contributed by atoms with E-state index in [9.17, 15) is 4.79 Å². The zero-order valence-electron chi connectivity index (χ0n) is 15.3. The Bertz CT molecular complexity index is 958. The highest BCUT2D eigenvalue weighted by Crippen LogP contribution is 2.21. The number of anilines is 3. The van der Waals surface area contributed by atoms with E-state index in [0.29, 0.717) is 16.3 Å². The van der Waals surface area contributed by atoms with Crippen LogP contribution in [0.4, 0.5) is 17.2 Å². The molecule has 0 saturated carbocycles. The summed E-state index contributed by atoms with van der Waals surface area (Å²) in [5, 5.41) is 3.44. The molecule has 4 rings (SSSR count). The van der Waals surface area contributed by atoms with Gasteiger partial charge >= 0.3 is 0 Å². The topological polar surface area (TPSA) is 61.4 Å². The van der Waals surface area contributed by atoms with Gasteiger partial charge < -0.3 is 15.1 Å². The Balaban J connectivity index is 1.42. The summed E-state index contributed by atoms with van der Waals surface area (Å²) in [6, 6.07) is 14.9. The van der Waals surface area contributed by atoms with Crippen molar-refractivity contribution in [1.29, 1.82) is 0 Å². The number of hydrogen-bond acceptors (Lipinski definition) is 5. The molecule has 7 heteroatoms. The number of hydrogen-bond donors (Lipinski definition) is 1. The van der Waals surface area contributed by atoms with Gasteiger partial charge in [0.2, 0.25) is 0 Å². The van der Waals surface area contributed by atoms with E-state index in [1.807, 2.05) is 30.5 Å². The van der Waals surface area contributed by atoms with Crippen LogP contribution in [-0.2, 0) is 0 Å². The van der Waals surface area contributed by atoms with Gasteiger partial charge in [0.05, 0.1) is 17.4 Å². The highest BCUT2D eigenvalue weighted by Gasteiger charge is 2.19. The maximum absolute atomic E-state index is 12.6. The van der Waals surface area contributed by atoms with E-state index in [2.05, 4.69) is 25.1 Å². The molecule has 1 N–H and O–H groups in total. The highest BCUT2D eigenvalue weighted by atomic mass is 35.5. The lowest BCUT2D eigenvalue weighted by Crippen LogP contribution is -2.46. The fourth-order valence-corrected chi connectivity index (χ4v) is 3.42. The minimum absolute atomic E-state index is 0.205. The van der Waals surface area contributed by atoms with Crippen LogP contribution in [0.15, 0.2) is 67.1 Å². The van der Waals surface area contributed by atoms with Crippen LogP contribution in [0.1, 0.15) is 10.4 Å². The van der Waals surface area contributed by atoms with Gasteiger partial charge in [-0.25, -0.2) is 4.98 Å². The average molecular weight is 394 g/mol. The van der Waals surface area contributed by atoms with Crippen LogP contribution in [0.5, 0.6) is 0 Å². The summed E-state index contributed by atoms with van der Waals surface area (Å²) in [5.74, 6) is 0.790. The van der Waals surface area contributed by atoms with Crippen molar-refractivity contribution in [1.82, 2.24) is 9.97 Å². The average Bonchev–Trinajstić information content (AvgIpc) is 2.75. The maximum atomic E-state index is 12.6. The molecule has 1 aliphatic rings. The first kappa shape index (κ1) is 18.3. The maximum Gasteiger partial charge on any atom is 0.257 e. The largest absolute Gasteiger partial charge is 0.367 e. The van der Waals surface area contributed by atoms with Gasteiger partial charge in [0.25, 0.3) is 5.91 Å². The fourth-order valence-electron chi connectivity index (χ4n) is 3.23. The number of nitrogens with zero attached hydrogens (tertiary/aromatic N) is 4. The van der Waals surface area contributed by atoms with Crippen molar-refractivity contribution in [3.8, 4) is 0 Å². The predicted octanol–water partition coefficient (Wildman–Crippen LogP) is 3.71. The summed E-state index contributed by atoms with van der Waals surface area (Å²) in [6.07, 6.45) is 5.19. The molecule has 28 heavy (non-hydrogen) atoms. The lowest BCUT2D eigenvalue weighted by atomic mass is 10.2. The molecule has 0 atom stereocenters. The molecule has 142 valence electrons. The molecular weight excluding hydrogens is 374 g/mol. The van der Waals surface area contributed by atoms with Crippen molar-refractivity contribution in [2.45, 2.75) is 0 Å².